The molecule has 3 aromatic rings. The van der Waals surface area contributed by atoms with Gasteiger partial charge in [-0.15, -0.1) is 0 Å². The van der Waals surface area contributed by atoms with Crippen molar-refractivity contribution in [2.24, 2.45) is 0 Å². The van der Waals surface area contributed by atoms with E-state index in [0.717, 1.165) is 0 Å². The molecule has 0 saturated heterocycles. The Kier molecular flexibility index (Phi) is 4.16. The zero-order valence-electron chi connectivity index (χ0n) is 12.3. The maximum absolute atomic E-state index is 14.4. The third-order valence-electron chi connectivity index (χ3n) is 3.16. The van der Waals surface area contributed by atoms with Crippen LogP contribution < -0.4 is 14.2 Å². The highest BCUT2D eigenvalue weighted by atomic mass is 35.5. The summed E-state index contributed by atoms with van der Waals surface area (Å²) in [5.74, 6) is -0.640. The number of nitrogens with zero attached hydrogens (tertiary/aromatic N) is 2. The largest absolute Gasteiger partial charge is 0.495 e. The van der Waals surface area contributed by atoms with Crippen LogP contribution in [0.4, 0.5) is 4.39 Å². The fourth-order valence-corrected chi connectivity index (χ4v) is 2.36. The van der Waals surface area contributed by atoms with Gasteiger partial charge in [0.15, 0.2) is 11.5 Å². The molecule has 0 fully saturated rings. The first-order chi connectivity index (χ1) is 11.1. The van der Waals surface area contributed by atoms with Gasteiger partial charge < -0.3 is 14.2 Å². The Morgan fingerprint density at radius 1 is 1.04 bits per heavy atom. The molecule has 0 bridgehead atoms. The van der Waals surface area contributed by atoms with Gasteiger partial charge in [0.25, 0.3) is 0 Å². The Morgan fingerprint density at radius 2 is 1.78 bits per heavy atom. The summed E-state index contributed by atoms with van der Waals surface area (Å²) in [4.78, 5) is 8.49. The molecule has 2 aromatic carbocycles. The maximum atomic E-state index is 14.4. The van der Waals surface area contributed by atoms with Gasteiger partial charge in [-0.25, -0.2) is 9.97 Å². The van der Waals surface area contributed by atoms with Crippen LogP contribution in [0, 0.1) is 5.82 Å². The molecule has 3 rings (SSSR count). The summed E-state index contributed by atoms with van der Waals surface area (Å²) >= 11 is 5.99. The summed E-state index contributed by atoms with van der Waals surface area (Å²) in [5, 5.41) is 0.0319. The minimum atomic E-state index is -0.742. The topological polar surface area (TPSA) is 53.5 Å². The molecule has 1 heterocycles. The van der Waals surface area contributed by atoms with Crippen molar-refractivity contribution in [3.63, 3.8) is 0 Å². The molecule has 118 valence electrons. The van der Waals surface area contributed by atoms with E-state index in [0.29, 0.717) is 11.0 Å². The van der Waals surface area contributed by atoms with Crippen molar-refractivity contribution < 1.29 is 18.6 Å². The van der Waals surface area contributed by atoms with Crippen molar-refractivity contribution in [2.45, 2.75) is 0 Å². The molecule has 0 aliphatic carbocycles. The number of hydrogen-bond acceptors (Lipinski definition) is 5. The minimum absolute atomic E-state index is 0.0319. The quantitative estimate of drug-likeness (QED) is 0.714. The lowest BCUT2D eigenvalue weighted by Crippen LogP contribution is -1.98. The Bertz CT molecular complexity index is 873. The van der Waals surface area contributed by atoms with E-state index in [2.05, 4.69) is 9.97 Å². The van der Waals surface area contributed by atoms with Crippen molar-refractivity contribution in [2.75, 3.05) is 14.2 Å². The molecular weight excluding hydrogens is 323 g/mol. The third kappa shape index (κ3) is 2.85. The second kappa shape index (κ2) is 6.26. The standard InChI is InChI=1S/C16H12ClFN2O3/c1-21-11-7-12(15(18)16(22-2)14(11)17)23-13-8-19-9-5-3-4-6-10(9)20-13/h3-8H,1-2H3. The van der Waals surface area contributed by atoms with Crippen molar-refractivity contribution in [3.05, 3.63) is 47.4 Å². The number of para-hydroxylation sites is 2. The van der Waals surface area contributed by atoms with E-state index >= 15 is 0 Å². The van der Waals surface area contributed by atoms with Crippen molar-refractivity contribution in [1.82, 2.24) is 9.97 Å². The molecular formula is C16H12ClFN2O3. The second-order valence-corrected chi connectivity index (χ2v) is 4.92. The number of methoxy groups -OCH3 is 2. The van der Waals surface area contributed by atoms with Crippen LogP contribution in [0.1, 0.15) is 0 Å². The lowest BCUT2D eigenvalue weighted by molar-refractivity contribution is 0.353. The van der Waals surface area contributed by atoms with Crippen LogP contribution in [-0.2, 0) is 0 Å². The fraction of sp³-hybridized carbons (Fsp3) is 0.125. The highest BCUT2D eigenvalue weighted by molar-refractivity contribution is 6.33. The molecule has 0 radical (unpaired) electrons. The molecule has 0 aliphatic heterocycles. The van der Waals surface area contributed by atoms with E-state index in [1.807, 2.05) is 18.2 Å². The predicted octanol–water partition coefficient (Wildman–Crippen LogP) is 4.23. The van der Waals surface area contributed by atoms with Crippen LogP contribution >= 0.6 is 11.6 Å². The average molecular weight is 335 g/mol. The Hall–Kier alpha value is -2.60. The third-order valence-corrected chi connectivity index (χ3v) is 3.52. The van der Waals surface area contributed by atoms with Crippen molar-refractivity contribution in [1.29, 1.82) is 0 Å². The summed E-state index contributed by atoms with van der Waals surface area (Å²) in [6, 6.07) is 8.62. The van der Waals surface area contributed by atoms with Gasteiger partial charge in [-0.1, -0.05) is 23.7 Å². The Balaban J connectivity index is 2.04. The molecule has 7 heteroatoms. The summed E-state index contributed by atoms with van der Waals surface area (Å²) in [6.07, 6.45) is 1.41. The van der Waals surface area contributed by atoms with E-state index < -0.39 is 5.82 Å². The van der Waals surface area contributed by atoms with Gasteiger partial charge in [0.1, 0.15) is 10.8 Å². The van der Waals surface area contributed by atoms with Crippen molar-refractivity contribution >= 4 is 22.6 Å². The predicted molar refractivity (Wildman–Crippen MR) is 84.1 cm³/mol. The van der Waals surface area contributed by atoms with E-state index in [-0.39, 0.29) is 28.2 Å². The highest BCUT2D eigenvalue weighted by Gasteiger charge is 2.20. The second-order valence-electron chi connectivity index (χ2n) is 4.54. The van der Waals surface area contributed by atoms with E-state index in [9.17, 15) is 4.39 Å². The van der Waals surface area contributed by atoms with Crippen LogP contribution in [0.2, 0.25) is 5.02 Å². The first-order valence-electron chi connectivity index (χ1n) is 6.63. The minimum Gasteiger partial charge on any atom is -0.495 e. The van der Waals surface area contributed by atoms with E-state index in [1.165, 1.54) is 26.5 Å². The normalized spacial score (nSPS) is 10.6. The van der Waals surface area contributed by atoms with Gasteiger partial charge in [0.2, 0.25) is 11.7 Å². The maximum Gasteiger partial charge on any atom is 0.238 e. The van der Waals surface area contributed by atoms with Crippen LogP contribution in [0.5, 0.6) is 23.1 Å². The van der Waals surface area contributed by atoms with Gasteiger partial charge in [-0.3, -0.25) is 0 Å². The van der Waals surface area contributed by atoms with Crippen LogP contribution in [0.3, 0.4) is 0 Å². The lowest BCUT2D eigenvalue weighted by Gasteiger charge is -2.13. The van der Waals surface area contributed by atoms with E-state index in [1.54, 1.807) is 6.07 Å². The summed E-state index contributed by atoms with van der Waals surface area (Å²) in [7, 11) is 2.72. The van der Waals surface area contributed by atoms with Crippen LogP contribution in [0.15, 0.2) is 36.5 Å². The molecule has 0 unspecified atom stereocenters. The summed E-state index contributed by atoms with van der Waals surface area (Å²) < 4.78 is 30.0. The number of halogens is 2. The number of rotatable bonds is 4. The summed E-state index contributed by atoms with van der Waals surface area (Å²) in [6.45, 7) is 0. The lowest BCUT2D eigenvalue weighted by atomic mass is 10.3. The molecule has 0 N–H and O–H groups in total. The number of fused-ring (bicyclic) bond motifs is 1. The number of hydrogen-bond donors (Lipinski definition) is 0. The molecule has 0 saturated carbocycles. The first kappa shape index (κ1) is 15.3. The molecule has 23 heavy (non-hydrogen) atoms. The Morgan fingerprint density at radius 3 is 2.48 bits per heavy atom. The zero-order chi connectivity index (χ0) is 16.4. The Labute approximate surface area is 136 Å². The number of aromatic nitrogens is 2. The number of benzene rings is 2. The first-order valence-corrected chi connectivity index (χ1v) is 7.01. The smallest absolute Gasteiger partial charge is 0.238 e. The molecule has 1 aromatic heterocycles. The summed E-state index contributed by atoms with van der Waals surface area (Å²) in [5.41, 5.74) is 1.35. The molecule has 0 amide bonds. The molecule has 0 atom stereocenters. The van der Waals surface area contributed by atoms with Crippen molar-refractivity contribution in [3.8, 4) is 23.1 Å². The van der Waals surface area contributed by atoms with Gasteiger partial charge in [-0.05, 0) is 12.1 Å². The van der Waals surface area contributed by atoms with Crippen LogP contribution in [0.25, 0.3) is 11.0 Å². The average Bonchev–Trinajstić information content (AvgIpc) is 2.58. The molecule has 0 aliphatic rings. The molecule has 0 spiro atoms. The monoisotopic (exact) mass is 334 g/mol. The fourth-order valence-electron chi connectivity index (χ4n) is 2.07. The van der Waals surface area contributed by atoms with Gasteiger partial charge in [0, 0.05) is 6.07 Å². The van der Waals surface area contributed by atoms with Crippen LogP contribution in [-0.4, -0.2) is 24.2 Å². The number of ether oxygens (including phenoxy) is 3. The van der Waals surface area contributed by atoms with Gasteiger partial charge in [-0.2, -0.15) is 4.39 Å². The zero-order valence-corrected chi connectivity index (χ0v) is 13.1. The van der Waals surface area contributed by atoms with E-state index in [4.69, 9.17) is 25.8 Å². The highest BCUT2D eigenvalue weighted by Crippen LogP contribution is 2.42. The van der Waals surface area contributed by atoms with Gasteiger partial charge >= 0.3 is 0 Å². The van der Waals surface area contributed by atoms with Gasteiger partial charge in [0.05, 0.1) is 31.4 Å². The SMILES string of the molecule is COc1cc(Oc2cnc3ccccc3n2)c(F)c(OC)c1Cl. The molecule has 5 nitrogen and oxygen atoms in total.